The van der Waals surface area contributed by atoms with Crippen LogP contribution in [0.1, 0.15) is 37.7 Å². The Hall–Kier alpha value is -0.440. The lowest BCUT2D eigenvalue weighted by atomic mass is 9.97. The molecular weight excluding hydrogens is 269 g/mol. The standard InChI is InChI=1S/C14H19Cl2NO/c15-11-8-10(6-7-17)14(13(16)9-11)18-12-4-2-1-3-5-12/h8-9,12H,1-7,17H2. The van der Waals surface area contributed by atoms with E-state index in [0.717, 1.165) is 30.6 Å². The van der Waals surface area contributed by atoms with Gasteiger partial charge >= 0.3 is 0 Å². The van der Waals surface area contributed by atoms with E-state index >= 15 is 0 Å². The maximum absolute atomic E-state index is 6.24. The third-order valence-electron chi connectivity index (χ3n) is 3.34. The molecule has 100 valence electrons. The summed E-state index contributed by atoms with van der Waals surface area (Å²) in [6, 6.07) is 3.64. The van der Waals surface area contributed by atoms with Crippen molar-refractivity contribution in [3.8, 4) is 5.75 Å². The highest BCUT2D eigenvalue weighted by atomic mass is 35.5. The molecule has 2 nitrogen and oxygen atoms in total. The highest BCUT2D eigenvalue weighted by Gasteiger charge is 2.18. The van der Waals surface area contributed by atoms with Gasteiger partial charge < -0.3 is 10.5 Å². The molecule has 18 heavy (non-hydrogen) atoms. The molecule has 1 aliphatic rings. The largest absolute Gasteiger partial charge is 0.489 e. The Morgan fingerprint density at radius 3 is 2.56 bits per heavy atom. The minimum atomic E-state index is 0.286. The molecule has 2 N–H and O–H groups in total. The molecule has 0 amide bonds. The van der Waals surface area contributed by atoms with E-state index in [-0.39, 0.29) is 6.10 Å². The molecule has 1 aliphatic carbocycles. The van der Waals surface area contributed by atoms with Crippen LogP contribution in [0.4, 0.5) is 0 Å². The number of hydrogen-bond acceptors (Lipinski definition) is 2. The van der Waals surface area contributed by atoms with Crippen molar-refractivity contribution in [3.63, 3.8) is 0 Å². The van der Waals surface area contributed by atoms with Crippen LogP contribution >= 0.6 is 23.2 Å². The Morgan fingerprint density at radius 1 is 1.17 bits per heavy atom. The monoisotopic (exact) mass is 287 g/mol. The molecule has 0 spiro atoms. The van der Waals surface area contributed by atoms with E-state index in [0.29, 0.717) is 16.6 Å². The summed E-state index contributed by atoms with van der Waals surface area (Å²) in [6.07, 6.45) is 7.03. The van der Waals surface area contributed by atoms with Crippen molar-refractivity contribution < 1.29 is 4.74 Å². The van der Waals surface area contributed by atoms with Gasteiger partial charge in [0.2, 0.25) is 0 Å². The molecular formula is C14H19Cl2NO. The van der Waals surface area contributed by atoms with Crippen LogP contribution in [0.5, 0.6) is 5.75 Å². The van der Waals surface area contributed by atoms with Gasteiger partial charge in [-0.05, 0) is 56.3 Å². The van der Waals surface area contributed by atoms with Crippen molar-refractivity contribution in [3.05, 3.63) is 27.7 Å². The highest BCUT2D eigenvalue weighted by molar-refractivity contribution is 6.35. The van der Waals surface area contributed by atoms with E-state index in [2.05, 4.69) is 0 Å². The zero-order valence-electron chi connectivity index (χ0n) is 10.4. The van der Waals surface area contributed by atoms with Crippen LogP contribution in [0.25, 0.3) is 0 Å². The molecule has 4 heteroatoms. The lowest BCUT2D eigenvalue weighted by Crippen LogP contribution is -2.20. The first-order valence-electron chi connectivity index (χ1n) is 6.55. The van der Waals surface area contributed by atoms with E-state index in [1.54, 1.807) is 6.07 Å². The molecule has 0 unspecified atom stereocenters. The van der Waals surface area contributed by atoms with Crippen molar-refractivity contribution in [1.82, 2.24) is 0 Å². The van der Waals surface area contributed by atoms with E-state index in [9.17, 15) is 0 Å². The summed E-state index contributed by atoms with van der Waals surface area (Å²) < 4.78 is 6.08. The topological polar surface area (TPSA) is 35.2 Å². The molecule has 0 aromatic heterocycles. The summed E-state index contributed by atoms with van der Waals surface area (Å²) >= 11 is 12.3. The minimum absolute atomic E-state index is 0.286. The lowest BCUT2D eigenvalue weighted by Gasteiger charge is -2.25. The predicted molar refractivity (Wildman–Crippen MR) is 76.7 cm³/mol. The molecule has 0 bridgehead atoms. The van der Waals surface area contributed by atoms with Crippen molar-refractivity contribution >= 4 is 23.2 Å². The van der Waals surface area contributed by atoms with Crippen LogP contribution in [0.3, 0.4) is 0 Å². The summed E-state index contributed by atoms with van der Waals surface area (Å²) in [5.74, 6) is 0.776. The van der Waals surface area contributed by atoms with Gasteiger partial charge in [-0.1, -0.05) is 29.6 Å². The van der Waals surface area contributed by atoms with Gasteiger partial charge in [-0.3, -0.25) is 0 Å². The Balaban J connectivity index is 2.18. The second-order valence-corrected chi connectivity index (χ2v) is 5.64. The molecule has 1 saturated carbocycles. The number of benzene rings is 1. The third-order valence-corrected chi connectivity index (χ3v) is 3.83. The van der Waals surface area contributed by atoms with Crippen LogP contribution < -0.4 is 10.5 Å². The molecule has 1 aromatic rings. The average molecular weight is 288 g/mol. The van der Waals surface area contributed by atoms with E-state index in [4.69, 9.17) is 33.7 Å². The van der Waals surface area contributed by atoms with E-state index < -0.39 is 0 Å². The van der Waals surface area contributed by atoms with Crippen LogP contribution in [-0.2, 0) is 6.42 Å². The lowest BCUT2D eigenvalue weighted by molar-refractivity contribution is 0.153. The first-order chi connectivity index (χ1) is 8.70. The fourth-order valence-electron chi connectivity index (χ4n) is 2.44. The zero-order chi connectivity index (χ0) is 13.0. The van der Waals surface area contributed by atoms with Gasteiger partial charge in [0.15, 0.2) is 0 Å². The Labute approximate surface area is 118 Å². The maximum Gasteiger partial charge on any atom is 0.141 e. The predicted octanol–water partition coefficient (Wildman–Crippen LogP) is 4.21. The number of nitrogens with two attached hydrogens (primary N) is 1. The Morgan fingerprint density at radius 2 is 1.89 bits per heavy atom. The molecule has 1 fully saturated rings. The molecule has 0 heterocycles. The molecule has 0 aliphatic heterocycles. The van der Waals surface area contributed by atoms with Crippen LogP contribution in [0.15, 0.2) is 12.1 Å². The van der Waals surface area contributed by atoms with Gasteiger partial charge in [-0.2, -0.15) is 0 Å². The van der Waals surface area contributed by atoms with E-state index in [1.165, 1.54) is 19.3 Å². The number of ether oxygens (including phenoxy) is 1. The second-order valence-electron chi connectivity index (χ2n) is 4.79. The summed E-state index contributed by atoms with van der Waals surface area (Å²) in [6.45, 7) is 0.567. The number of hydrogen-bond donors (Lipinski definition) is 1. The molecule has 0 saturated heterocycles. The van der Waals surface area contributed by atoms with Gasteiger partial charge in [0.25, 0.3) is 0 Å². The molecule has 2 rings (SSSR count). The Bertz CT molecular complexity index is 403. The van der Waals surface area contributed by atoms with Crippen molar-refractivity contribution in [1.29, 1.82) is 0 Å². The van der Waals surface area contributed by atoms with Crippen LogP contribution in [-0.4, -0.2) is 12.6 Å². The highest BCUT2D eigenvalue weighted by Crippen LogP contribution is 2.35. The third kappa shape index (κ3) is 3.53. The second kappa shape index (κ2) is 6.65. The quantitative estimate of drug-likeness (QED) is 0.901. The van der Waals surface area contributed by atoms with Crippen LogP contribution in [0, 0.1) is 0 Å². The molecule has 0 atom stereocenters. The zero-order valence-corrected chi connectivity index (χ0v) is 11.9. The molecule has 0 radical (unpaired) electrons. The fraction of sp³-hybridized carbons (Fsp3) is 0.571. The van der Waals surface area contributed by atoms with Gasteiger partial charge in [0.1, 0.15) is 5.75 Å². The smallest absolute Gasteiger partial charge is 0.141 e. The normalized spacial score (nSPS) is 16.8. The van der Waals surface area contributed by atoms with Crippen molar-refractivity contribution in [2.75, 3.05) is 6.54 Å². The number of rotatable bonds is 4. The first-order valence-corrected chi connectivity index (χ1v) is 7.31. The fourth-order valence-corrected chi connectivity index (χ4v) is 3.02. The van der Waals surface area contributed by atoms with Gasteiger partial charge in [0.05, 0.1) is 11.1 Å². The van der Waals surface area contributed by atoms with E-state index in [1.807, 2.05) is 6.07 Å². The van der Waals surface area contributed by atoms with Crippen LogP contribution in [0.2, 0.25) is 10.0 Å². The summed E-state index contributed by atoms with van der Waals surface area (Å²) in [4.78, 5) is 0. The van der Waals surface area contributed by atoms with Crippen molar-refractivity contribution in [2.24, 2.45) is 5.73 Å². The summed E-state index contributed by atoms with van der Waals surface area (Å²) in [5.41, 5.74) is 6.64. The first kappa shape index (κ1) is 14.0. The van der Waals surface area contributed by atoms with Gasteiger partial charge in [0, 0.05) is 5.02 Å². The van der Waals surface area contributed by atoms with Crippen molar-refractivity contribution in [2.45, 2.75) is 44.6 Å². The minimum Gasteiger partial charge on any atom is -0.489 e. The van der Waals surface area contributed by atoms with Gasteiger partial charge in [-0.25, -0.2) is 0 Å². The SMILES string of the molecule is NCCc1cc(Cl)cc(Cl)c1OC1CCCCC1. The van der Waals surface area contributed by atoms with Gasteiger partial charge in [-0.15, -0.1) is 0 Å². The molecule has 1 aromatic carbocycles. The summed E-state index contributed by atoms with van der Waals surface area (Å²) in [7, 11) is 0. The maximum atomic E-state index is 6.24. The average Bonchev–Trinajstić information content (AvgIpc) is 2.35. The number of halogens is 2. The Kier molecular flexibility index (Phi) is 5.16. The summed E-state index contributed by atoms with van der Waals surface area (Å²) in [5, 5.41) is 1.23.